The molecule has 0 unspecified atom stereocenters. The zero-order valence-corrected chi connectivity index (χ0v) is 11.2. The van der Waals surface area contributed by atoms with Crippen molar-refractivity contribution in [2.24, 2.45) is 0 Å². The third kappa shape index (κ3) is 2.93. The van der Waals surface area contributed by atoms with Gasteiger partial charge in [0, 0.05) is 6.54 Å². The number of nitrogens with zero attached hydrogens (tertiary/aromatic N) is 1. The Morgan fingerprint density at radius 2 is 2.17 bits per heavy atom. The van der Waals surface area contributed by atoms with Gasteiger partial charge in [-0.1, -0.05) is 0 Å². The normalized spacial score (nSPS) is 28.4. The van der Waals surface area contributed by atoms with Crippen LogP contribution in [0.4, 0.5) is 4.79 Å². The molecule has 2 saturated heterocycles. The molecule has 0 aliphatic carbocycles. The minimum Gasteiger partial charge on any atom is -0.444 e. The lowest BCUT2D eigenvalue weighted by atomic mass is 9.97. The highest BCUT2D eigenvalue weighted by molar-refractivity contribution is 5.84. The molecule has 6 heteroatoms. The van der Waals surface area contributed by atoms with Gasteiger partial charge in [0.15, 0.2) is 0 Å². The maximum Gasteiger partial charge on any atom is 0.411 e. The summed E-state index contributed by atoms with van der Waals surface area (Å²) < 4.78 is 5.36. The second kappa shape index (κ2) is 4.76. The number of carbonyl (C=O) groups excluding carboxylic acids is 2. The summed E-state index contributed by atoms with van der Waals surface area (Å²) in [6.45, 7) is 7.14. The predicted octanol–water partition coefficient (Wildman–Crippen LogP) is 0.0838. The Labute approximate surface area is 107 Å². The number of amides is 2. The molecule has 2 aliphatic rings. The topological polar surface area (TPSA) is 70.7 Å². The van der Waals surface area contributed by atoms with Crippen LogP contribution in [0.5, 0.6) is 0 Å². The molecule has 2 fully saturated rings. The van der Waals surface area contributed by atoms with E-state index < -0.39 is 11.7 Å². The SMILES string of the molecule is CC(C)(C)OC(=O)N1CC(=O)N[C@@H]2CNCC[C@@H]21. The molecule has 102 valence electrons. The van der Waals surface area contributed by atoms with Crippen LogP contribution in [0.15, 0.2) is 0 Å². The summed E-state index contributed by atoms with van der Waals surface area (Å²) in [5.41, 5.74) is -0.534. The fourth-order valence-electron chi connectivity index (χ4n) is 2.41. The van der Waals surface area contributed by atoms with Crippen LogP contribution in [-0.4, -0.2) is 54.2 Å². The van der Waals surface area contributed by atoms with Gasteiger partial charge in [0.2, 0.25) is 5.91 Å². The van der Waals surface area contributed by atoms with Gasteiger partial charge in [-0.2, -0.15) is 0 Å². The summed E-state index contributed by atoms with van der Waals surface area (Å²) in [6.07, 6.45) is 0.443. The lowest BCUT2D eigenvalue weighted by Crippen LogP contribution is -2.67. The highest BCUT2D eigenvalue weighted by Gasteiger charge is 2.40. The summed E-state index contributed by atoms with van der Waals surface area (Å²) in [5.74, 6) is -0.120. The number of hydrogen-bond donors (Lipinski definition) is 2. The standard InChI is InChI=1S/C12H21N3O3/c1-12(2,3)18-11(17)15-7-10(16)14-8-6-13-5-4-9(8)15/h8-9,13H,4-7H2,1-3H3,(H,14,16)/t8-,9+/m1/s1. The van der Waals surface area contributed by atoms with E-state index in [0.717, 1.165) is 13.0 Å². The van der Waals surface area contributed by atoms with Gasteiger partial charge in [-0.3, -0.25) is 9.69 Å². The second-order valence-electron chi connectivity index (χ2n) is 5.84. The molecule has 0 spiro atoms. The van der Waals surface area contributed by atoms with Crippen LogP contribution >= 0.6 is 0 Å². The number of carbonyl (C=O) groups is 2. The number of hydrogen-bond acceptors (Lipinski definition) is 4. The van der Waals surface area contributed by atoms with E-state index in [1.54, 1.807) is 4.90 Å². The third-order valence-corrected chi connectivity index (χ3v) is 3.13. The molecule has 2 N–H and O–H groups in total. The van der Waals surface area contributed by atoms with Gasteiger partial charge in [-0.15, -0.1) is 0 Å². The summed E-state index contributed by atoms with van der Waals surface area (Å²) in [5, 5.41) is 6.13. The Bertz CT molecular complexity index is 351. The molecule has 0 bridgehead atoms. The van der Waals surface area contributed by atoms with Gasteiger partial charge in [-0.25, -0.2) is 4.79 Å². The van der Waals surface area contributed by atoms with Crippen LogP contribution in [0.3, 0.4) is 0 Å². The van der Waals surface area contributed by atoms with E-state index in [4.69, 9.17) is 4.74 Å². The molecule has 2 amide bonds. The number of nitrogens with one attached hydrogen (secondary N) is 2. The van der Waals surface area contributed by atoms with Crippen LogP contribution < -0.4 is 10.6 Å². The van der Waals surface area contributed by atoms with Crippen molar-refractivity contribution >= 4 is 12.0 Å². The molecule has 18 heavy (non-hydrogen) atoms. The summed E-state index contributed by atoms with van der Waals surface area (Å²) in [4.78, 5) is 25.3. The highest BCUT2D eigenvalue weighted by atomic mass is 16.6. The van der Waals surface area contributed by atoms with Gasteiger partial charge >= 0.3 is 6.09 Å². The fraction of sp³-hybridized carbons (Fsp3) is 0.833. The molecule has 0 aromatic rings. The van der Waals surface area contributed by atoms with Crippen molar-refractivity contribution < 1.29 is 14.3 Å². The minimum atomic E-state index is -0.534. The largest absolute Gasteiger partial charge is 0.444 e. The first-order valence-corrected chi connectivity index (χ1v) is 6.36. The zero-order valence-electron chi connectivity index (χ0n) is 11.2. The van der Waals surface area contributed by atoms with Crippen LogP contribution in [-0.2, 0) is 9.53 Å². The van der Waals surface area contributed by atoms with E-state index >= 15 is 0 Å². The predicted molar refractivity (Wildman–Crippen MR) is 66.1 cm³/mol. The van der Waals surface area contributed by atoms with E-state index in [1.165, 1.54) is 0 Å². The lowest BCUT2D eigenvalue weighted by molar-refractivity contribution is -0.127. The van der Waals surface area contributed by atoms with Gasteiger partial charge in [0.25, 0.3) is 0 Å². The molecule has 0 aromatic heterocycles. The maximum absolute atomic E-state index is 12.1. The smallest absolute Gasteiger partial charge is 0.411 e. The van der Waals surface area contributed by atoms with E-state index in [1.807, 2.05) is 20.8 Å². The molecular formula is C12H21N3O3. The first-order chi connectivity index (χ1) is 8.37. The molecule has 2 rings (SSSR count). The number of piperidine rings is 1. The lowest BCUT2D eigenvalue weighted by Gasteiger charge is -2.44. The molecule has 6 nitrogen and oxygen atoms in total. The van der Waals surface area contributed by atoms with Crippen molar-refractivity contribution in [3.05, 3.63) is 0 Å². The van der Waals surface area contributed by atoms with Crippen LogP contribution in [0, 0.1) is 0 Å². The molecule has 2 aliphatic heterocycles. The van der Waals surface area contributed by atoms with Crippen LogP contribution in [0.25, 0.3) is 0 Å². The third-order valence-electron chi connectivity index (χ3n) is 3.13. The molecular weight excluding hydrogens is 234 g/mol. The monoisotopic (exact) mass is 255 g/mol. The van der Waals surface area contributed by atoms with Crippen LogP contribution in [0.1, 0.15) is 27.2 Å². The maximum atomic E-state index is 12.1. The Hall–Kier alpha value is -1.30. The number of rotatable bonds is 0. The quantitative estimate of drug-likeness (QED) is 0.643. The number of piperazine rings is 1. The zero-order chi connectivity index (χ0) is 13.3. The molecule has 0 saturated carbocycles. The van der Waals surface area contributed by atoms with Crippen molar-refractivity contribution in [1.82, 2.24) is 15.5 Å². The Morgan fingerprint density at radius 3 is 2.83 bits per heavy atom. The fourth-order valence-corrected chi connectivity index (χ4v) is 2.41. The van der Waals surface area contributed by atoms with Crippen molar-refractivity contribution in [2.75, 3.05) is 19.6 Å². The first-order valence-electron chi connectivity index (χ1n) is 6.36. The average molecular weight is 255 g/mol. The Morgan fingerprint density at radius 1 is 1.44 bits per heavy atom. The molecule has 0 radical (unpaired) electrons. The van der Waals surface area contributed by atoms with Gasteiger partial charge in [-0.05, 0) is 33.7 Å². The minimum absolute atomic E-state index is 0.00693. The Balaban J connectivity index is 2.09. The van der Waals surface area contributed by atoms with Crippen molar-refractivity contribution in [3.8, 4) is 0 Å². The Kier molecular flexibility index (Phi) is 3.47. The van der Waals surface area contributed by atoms with Crippen LogP contribution in [0.2, 0.25) is 0 Å². The van der Waals surface area contributed by atoms with Gasteiger partial charge < -0.3 is 15.4 Å². The van der Waals surface area contributed by atoms with E-state index in [0.29, 0.717) is 6.54 Å². The number of fused-ring (bicyclic) bond motifs is 1. The summed E-state index contributed by atoms with van der Waals surface area (Å²) in [7, 11) is 0. The van der Waals surface area contributed by atoms with Gasteiger partial charge in [0.1, 0.15) is 12.1 Å². The molecule has 2 atom stereocenters. The number of ether oxygens (including phenoxy) is 1. The van der Waals surface area contributed by atoms with Crippen molar-refractivity contribution in [2.45, 2.75) is 44.9 Å². The highest BCUT2D eigenvalue weighted by Crippen LogP contribution is 2.19. The van der Waals surface area contributed by atoms with Crippen molar-refractivity contribution in [3.63, 3.8) is 0 Å². The van der Waals surface area contributed by atoms with E-state index in [9.17, 15) is 9.59 Å². The van der Waals surface area contributed by atoms with Crippen molar-refractivity contribution in [1.29, 1.82) is 0 Å². The summed E-state index contributed by atoms with van der Waals surface area (Å²) in [6, 6.07) is 0.0336. The average Bonchev–Trinajstić information content (AvgIpc) is 2.25. The second-order valence-corrected chi connectivity index (χ2v) is 5.84. The van der Waals surface area contributed by atoms with E-state index in [-0.39, 0.29) is 24.5 Å². The van der Waals surface area contributed by atoms with Gasteiger partial charge in [0.05, 0.1) is 12.1 Å². The summed E-state index contributed by atoms with van der Waals surface area (Å²) >= 11 is 0. The molecule has 2 heterocycles. The molecule has 0 aromatic carbocycles. The first kappa shape index (κ1) is 13.1. The van der Waals surface area contributed by atoms with E-state index in [2.05, 4.69) is 10.6 Å².